The maximum absolute atomic E-state index is 9.41. The summed E-state index contributed by atoms with van der Waals surface area (Å²) in [5.41, 5.74) is 7.39. The van der Waals surface area contributed by atoms with E-state index in [9.17, 15) is 5.11 Å². The molecule has 1 heterocycles. The van der Waals surface area contributed by atoms with Gasteiger partial charge in [-0.25, -0.2) is 5.01 Å². The van der Waals surface area contributed by atoms with E-state index in [2.05, 4.69) is 76.0 Å². The minimum absolute atomic E-state index is 0.293. The number of aromatic hydroxyl groups is 1. The maximum atomic E-state index is 9.41. The van der Waals surface area contributed by atoms with Crippen LogP contribution < -0.4 is 5.43 Å². The van der Waals surface area contributed by atoms with E-state index in [0.717, 1.165) is 32.7 Å². The zero-order chi connectivity index (χ0) is 19.2. The van der Waals surface area contributed by atoms with Crippen molar-refractivity contribution in [2.75, 3.05) is 26.2 Å². The van der Waals surface area contributed by atoms with Gasteiger partial charge in [-0.3, -0.25) is 10.3 Å². The second-order valence-corrected chi connectivity index (χ2v) is 7.25. The number of nitrogens with zero attached hydrogens (tertiary/aromatic N) is 2. The van der Waals surface area contributed by atoms with Gasteiger partial charge in [-0.05, 0) is 28.8 Å². The summed E-state index contributed by atoms with van der Waals surface area (Å²) in [6.07, 6.45) is 0. The molecular formula is C24H27N3O. The molecule has 0 amide bonds. The lowest BCUT2D eigenvalue weighted by Crippen LogP contribution is -2.52. The average Bonchev–Trinajstić information content (AvgIpc) is 2.76. The zero-order valence-electron chi connectivity index (χ0n) is 16.0. The van der Waals surface area contributed by atoms with E-state index >= 15 is 0 Å². The van der Waals surface area contributed by atoms with Crippen LogP contribution in [0.3, 0.4) is 0 Å². The second-order valence-electron chi connectivity index (χ2n) is 7.25. The molecule has 3 aromatic rings. The predicted octanol–water partition coefficient (Wildman–Crippen LogP) is 3.80. The van der Waals surface area contributed by atoms with Gasteiger partial charge in [0.1, 0.15) is 5.75 Å². The van der Waals surface area contributed by atoms with Gasteiger partial charge in [-0.2, -0.15) is 0 Å². The van der Waals surface area contributed by atoms with E-state index in [1.54, 1.807) is 12.1 Å². The lowest BCUT2D eigenvalue weighted by Gasteiger charge is -2.40. The summed E-state index contributed by atoms with van der Waals surface area (Å²) in [4.78, 5) is 2.57. The first-order valence-corrected chi connectivity index (χ1v) is 9.90. The summed E-state index contributed by atoms with van der Waals surface area (Å²) in [6, 6.07) is 29.3. The summed E-state index contributed by atoms with van der Waals surface area (Å²) >= 11 is 0. The Kier molecular flexibility index (Phi) is 6.02. The molecule has 0 saturated carbocycles. The summed E-state index contributed by atoms with van der Waals surface area (Å²) in [6.45, 7) is 4.76. The fourth-order valence-corrected chi connectivity index (χ4v) is 3.84. The molecule has 4 rings (SSSR count). The van der Waals surface area contributed by atoms with Gasteiger partial charge in [0, 0.05) is 32.7 Å². The van der Waals surface area contributed by atoms with Gasteiger partial charge in [0.05, 0.1) is 6.04 Å². The van der Waals surface area contributed by atoms with Crippen LogP contribution in [0.5, 0.6) is 5.75 Å². The van der Waals surface area contributed by atoms with E-state index in [-0.39, 0.29) is 0 Å². The minimum Gasteiger partial charge on any atom is -0.508 e. The third-order valence-electron chi connectivity index (χ3n) is 5.35. The summed E-state index contributed by atoms with van der Waals surface area (Å²) in [5, 5.41) is 11.7. The molecule has 0 spiro atoms. The third-order valence-corrected chi connectivity index (χ3v) is 5.35. The van der Waals surface area contributed by atoms with Crippen LogP contribution >= 0.6 is 0 Å². The number of hydrogen-bond donors (Lipinski definition) is 2. The van der Waals surface area contributed by atoms with Crippen molar-refractivity contribution in [1.82, 2.24) is 15.3 Å². The van der Waals surface area contributed by atoms with Crippen molar-refractivity contribution in [3.05, 3.63) is 102 Å². The van der Waals surface area contributed by atoms with Crippen molar-refractivity contribution in [2.45, 2.75) is 12.6 Å². The van der Waals surface area contributed by atoms with Crippen LogP contribution in [0.4, 0.5) is 0 Å². The Morgan fingerprint density at radius 2 is 1.25 bits per heavy atom. The molecule has 2 N–H and O–H groups in total. The SMILES string of the molecule is Oc1ccc(CNN2CCN(C(c3ccccc3)c3ccccc3)CC2)cc1. The van der Waals surface area contributed by atoms with Crippen LogP contribution in [0.15, 0.2) is 84.9 Å². The molecular weight excluding hydrogens is 346 g/mol. The molecule has 0 unspecified atom stereocenters. The fraction of sp³-hybridized carbons (Fsp3) is 0.250. The fourth-order valence-electron chi connectivity index (χ4n) is 3.84. The lowest BCUT2D eigenvalue weighted by molar-refractivity contribution is 0.0710. The van der Waals surface area contributed by atoms with Crippen molar-refractivity contribution < 1.29 is 5.11 Å². The van der Waals surface area contributed by atoms with Crippen LogP contribution in [0.2, 0.25) is 0 Å². The normalized spacial score (nSPS) is 15.8. The van der Waals surface area contributed by atoms with Gasteiger partial charge in [0.25, 0.3) is 0 Å². The Balaban J connectivity index is 1.40. The standard InChI is InChI=1S/C24H27N3O/c28-23-13-11-20(12-14-23)19-25-27-17-15-26(16-18-27)24(21-7-3-1-4-8-21)22-9-5-2-6-10-22/h1-14,24-25,28H,15-19H2. The molecule has 0 bridgehead atoms. The zero-order valence-corrected chi connectivity index (χ0v) is 16.0. The van der Waals surface area contributed by atoms with E-state index in [1.165, 1.54) is 16.7 Å². The number of rotatable bonds is 6. The first kappa shape index (κ1) is 18.7. The molecule has 1 fully saturated rings. The van der Waals surface area contributed by atoms with Crippen molar-refractivity contribution in [3.63, 3.8) is 0 Å². The minimum atomic E-state index is 0.293. The topological polar surface area (TPSA) is 38.7 Å². The second kappa shape index (κ2) is 9.02. The Morgan fingerprint density at radius 1 is 0.714 bits per heavy atom. The Morgan fingerprint density at radius 3 is 1.79 bits per heavy atom. The summed E-state index contributed by atoms with van der Waals surface area (Å²) < 4.78 is 0. The highest BCUT2D eigenvalue weighted by molar-refractivity contribution is 5.32. The van der Waals surface area contributed by atoms with Gasteiger partial charge in [-0.1, -0.05) is 72.8 Å². The van der Waals surface area contributed by atoms with Gasteiger partial charge in [-0.15, -0.1) is 0 Å². The number of benzene rings is 3. The van der Waals surface area contributed by atoms with Gasteiger partial charge in [0.15, 0.2) is 0 Å². The predicted molar refractivity (Wildman–Crippen MR) is 113 cm³/mol. The highest BCUT2D eigenvalue weighted by Gasteiger charge is 2.26. The Bertz CT molecular complexity index is 805. The Labute approximate surface area is 167 Å². The highest BCUT2D eigenvalue weighted by Crippen LogP contribution is 2.29. The van der Waals surface area contributed by atoms with Gasteiger partial charge < -0.3 is 5.11 Å². The third kappa shape index (κ3) is 4.60. The molecule has 0 aliphatic carbocycles. The highest BCUT2D eigenvalue weighted by atomic mass is 16.3. The molecule has 4 nitrogen and oxygen atoms in total. The molecule has 1 aliphatic heterocycles. The first-order chi connectivity index (χ1) is 13.8. The first-order valence-electron chi connectivity index (χ1n) is 9.90. The molecule has 28 heavy (non-hydrogen) atoms. The molecule has 1 aliphatic rings. The molecule has 3 aromatic carbocycles. The van der Waals surface area contributed by atoms with E-state index in [1.807, 2.05) is 12.1 Å². The molecule has 0 aromatic heterocycles. The molecule has 0 radical (unpaired) electrons. The number of phenols is 1. The van der Waals surface area contributed by atoms with Gasteiger partial charge in [0.2, 0.25) is 0 Å². The van der Waals surface area contributed by atoms with Crippen molar-refractivity contribution >= 4 is 0 Å². The molecule has 1 saturated heterocycles. The molecule has 0 atom stereocenters. The molecule has 144 valence electrons. The maximum Gasteiger partial charge on any atom is 0.115 e. The van der Waals surface area contributed by atoms with Crippen LogP contribution in [0.25, 0.3) is 0 Å². The lowest BCUT2D eigenvalue weighted by atomic mass is 9.96. The van der Waals surface area contributed by atoms with Crippen molar-refractivity contribution in [3.8, 4) is 5.75 Å². The number of piperazine rings is 1. The van der Waals surface area contributed by atoms with Gasteiger partial charge >= 0.3 is 0 Å². The number of hydrazine groups is 1. The number of hydrogen-bond acceptors (Lipinski definition) is 4. The molecule has 4 heteroatoms. The van der Waals surface area contributed by atoms with E-state index in [0.29, 0.717) is 11.8 Å². The van der Waals surface area contributed by atoms with E-state index in [4.69, 9.17) is 0 Å². The average molecular weight is 374 g/mol. The van der Waals surface area contributed by atoms with Crippen LogP contribution in [-0.2, 0) is 6.54 Å². The van der Waals surface area contributed by atoms with E-state index < -0.39 is 0 Å². The van der Waals surface area contributed by atoms with Crippen LogP contribution in [0.1, 0.15) is 22.7 Å². The quantitative estimate of drug-likeness (QED) is 0.689. The Hall–Kier alpha value is -2.66. The number of phenolic OH excluding ortho intramolecular Hbond substituents is 1. The summed E-state index contributed by atoms with van der Waals surface area (Å²) in [5.74, 6) is 0.310. The van der Waals surface area contributed by atoms with Crippen molar-refractivity contribution in [2.24, 2.45) is 0 Å². The summed E-state index contributed by atoms with van der Waals surface area (Å²) in [7, 11) is 0. The van der Waals surface area contributed by atoms with Crippen LogP contribution in [0, 0.1) is 0 Å². The largest absolute Gasteiger partial charge is 0.508 e. The van der Waals surface area contributed by atoms with Crippen molar-refractivity contribution in [1.29, 1.82) is 0 Å². The number of nitrogens with one attached hydrogen (secondary N) is 1. The monoisotopic (exact) mass is 373 g/mol. The smallest absolute Gasteiger partial charge is 0.115 e. The van der Waals surface area contributed by atoms with Crippen LogP contribution in [-0.4, -0.2) is 41.2 Å².